The van der Waals surface area contributed by atoms with E-state index in [-0.39, 0.29) is 26.4 Å². The molecule has 0 radical (unpaired) electrons. The van der Waals surface area contributed by atoms with Gasteiger partial charge < -0.3 is 44.5 Å². The van der Waals surface area contributed by atoms with Gasteiger partial charge in [0.25, 0.3) is 7.41 Å². The third-order valence-corrected chi connectivity index (χ3v) is 12.2. The van der Waals surface area contributed by atoms with E-state index in [1.807, 2.05) is 13.8 Å². The number of aliphatic hydroxyl groups excluding tert-OH is 2. The predicted octanol–water partition coefficient (Wildman–Crippen LogP) is 1.69. The van der Waals surface area contributed by atoms with E-state index in [1.165, 1.54) is 19.0 Å². The minimum Gasteiger partial charge on any atom is -0.456 e. The standard InChI is InChI=1S/C35H49BN2O10/c1-18-21(47-30(43)26(41)25(37-36-17-39)20-12-10-9-11-13-20)15-35(45)19(2)28-33(5)16-46-23(33)14-22(40)34(28,6)29(42)27(24(18)32(35,3)4)48-31(44)38(7)8/h9-13,17,19,21-23,25-28,36-37,40-41,45H,14-16H2,1-8H3/t19-,21-,22-,23+,25-,26+,27+,28+,33+,34+,35+/m0/s1. The van der Waals surface area contributed by atoms with Gasteiger partial charge in [0.05, 0.1) is 42.1 Å². The molecule has 1 aromatic carbocycles. The maximum absolute atomic E-state index is 15.0. The molecule has 48 heavy (non-hydrogen) atoms. The lowest BCUT2D eigenvalue weighted by molar-refractivity contribution is -0.302. The van der Waals surface area contributed by atoms with E-state index in [0.29, 0.717) is 29.5 Å². The largest absolute Gasteiger partial charge is 0.456 e. The molecule has 11 atom stereocenters. The molecule has 0 spiro atoms. The fraction of sp³-hybridized carbons (Fsp3) is 0.657. The van der Waals surface area contributed by atoms with Gasteiger partial charge in [-0.2, -0.15) is 0 Å². The molecule has 2 bridgehead atoms. The summed E-state index contributed by atoms with van der Waals surface area (Å²) >= 11 is 0. The Hall–Kier alpha value is -3.10. The minimum absolute atomic E-state index is 0.0838. The molecule has 4 N–H and O–H groups in total. The highest BCUT2D eigenvalue weighted by Crippen LogP contribution is 2.67. The van der Waals surface area contributed by atoms with Gasteiger partial charge in [0.1, 0.15) is 6.10 Å². The topological polar surface area (TPSA) is 172 Å². The van der Waals surface area contributed by atoms with Crippen LogP contribution in [0.2, 0.25) is 0 Å². The van der Waals surface area contributed by atoms with Crippen molar-refractivity contribution in [2.45, 2.75) is 96.5 Å². The van der Waals surface area contributed by atoms with Gasteiger partial charge >= 0.3 is 12.1 Å². The maximum Gasteiger partial charge on any atom is 0.410 e. The summed E-state index contributed by atoms with van der Waals surface area (Å²) in [4.78, 5) is 54.3. The summed E-state index contributed by atoms with van der Waals surface area (Å²) in [5, 5.41) is 38.9. The van der Waals surface area contributed by atoms with E-state index in [0.717, 1.165) is 0 Å². The summed E-state index contributed by atoms with van der Waals surface area (Å²) < 4.78 is 17.9. The number of aliphatic hydroxyl groups is 3. The van der Waals surface area contributed by atoms with E-state index >= 15 is 4.79 Å². The van der Waals surface area contributed by atoms with Gasteiger partial charge in [-0.15, -0.1) is 0 Å². The van der Waals surface area contributed by atoms with Gasteiger partial charge in [-0.05, 0) is 42.4 Å². The molecule has 1 amide bonds. The molecule has 12 nitrogen and oxygen atoms in total. The molecule has 1 saturated heterocycles. The highest BCUT2D eigenvalue weighted by Gasteiger charge is 2.73. The van der Waals surface area contributed by atoms with Crippen LogP contribution in [-0.4, -0.2) is 108 Å². The summed E-state index contributed by atoms with van der Waals surface area (Å²) in [6.45, 7) is 11.2. The van der Waals surface area contributed by atoms with E-state index in [4.69, 9.17) is 14.2 Å². The molecule has 3 fully saturated rings. The first-order chi connectivity index (χ1) is 22.4. The molecule has 5 rings (SSSR count). The van der Waals surface area contributed by atoms with Crippen LogP contribution in [-0.2, 0) is 28.6 Å². The zero-order valence-corrected chi connectivity index (χ0v) is 29.1. The monoisotopic (exact) mass is 668 g/mol. The van der Waals surface area contributed by atoms with Crippen molar-refractivity contribution in [1.82, 2.24) is 10.1 Å². The zero-order chi connectivity index (χ0) is 35.6. The number of hydrogen-bond acceptors (Lipinski definition) is 11. The lowest BCUT2D eigenvalue weighted by Gasteiger charge is -2.68. The van der Waals surface area contributed by atoms with E-state index in [9.17, 15) is 29.7 Å². The molecule has 0 unspecified atom stereocenters. The van der Waals surface area contributed by atoms with Crippen LogP contribution in [0.1, 0.15) is 66.0 Å². The van der Waals surface area contributed by atoms with Crippen LogP contribution >= 0.6 is 0 Å². The zero-order valence-electron chi connectivity index (χ0n) is 29.1. The third kappa shape index (κ3) is 5.33. The Morgan fingerprint density at radius 2 is 1.79 bits per heavy atom. The average molecular weight is 669 g/mol. The minimum atomic E-state index is -1.73. The van der Waals surface area contributed by atoms with Crippen LogP contribution in [0.15, 0.2) is 41.5 Å². The first-order valence-electron chi connectivity index (χ1n) is 16.6. The molecule has 3 aliphatic carbocycles. The highest BCUT2D eigenvalue weighted by atomic mass is 16.6. The summed E-state index contributed by atoms with van der Waals surface area (Å²) in [6.07, 6.45) is -5.87. The van der Waals surface area contributed by atoms with Gasteiger partial charge in [0.15, 0.2) is 18.0 Å². The number of esters is 1. The van der Waals surface area contributed by atoms with Gasteiger partial charge in [-0.3, -0.25) is 4.79 Å². The molecular formula is C35H49BN2O10. The van der Waals surface area contributed by atoms with E-state index in [2.05, 4.69) is 5.23 Å². The molecule has 0 aromatic heterocycles. The van der Waals surface area contributed by atoms with Crippen LogP contribution in [0.25, 0.3) is 0 Å². The van der Waals surface area contributed by atoms with Crippen molar-refractivity contribution in [3.63, 3.8) is 0 Å². The summed E-state index contributed by atoms with van der Waals surface area (Å²) in [7, 11) is 2.86. The summed E-state index contributed by atoms with van der Waals surface area (Å²) in [5.41, 5.74) is -3.59. The van der Waals surface area contributed by atoms with Crippen molar-refractivity contribution < 1.29 is 48.7 Å². The van der Waals surface area contributed by atoms with Crippen molar-refractivity contribution in [2.24, 2.45) is 28.1 Å². The molecule has 1 aliphatic heterocycles. The Kier molecular flexibility index (Phi) is 9.54. The molecule has 13 heteroatoms. The third-order valence-electron chi connectivity index (χ3n) is 12.2. The van der Waals surface area contributed by atoms with Crippen molar-refractivity contribution in [2.75, 3.05) is 20.7 Å². The Morgan fingerprint density at radius 1 is 1.15 bits per heavy atom. The van der Waals surface area contributed by atoms with Crippen molar-refractivity contribution in [1.29, 1.82) is 0 Å². The van der Waals surface area contributed by atoms with Gasteiger partial charge in [0, 0.05) is 37.8 Å². The fourth-order valence-corrected chi connectivity index (χ4v) is 9.45. The summed E-state index contributed by atoms with van der Waals surface area (Å²) in [6, 6.07) is 7.71. The number of ketones is 1. The number of Topliss-reactive ketones (excluding diaryl/α,β-unsaturated/α-hetero) is 1. The van der Waals surface area contributed by atoms with Gasteiger partial charge in [-0.1, -0.05) is 58.0 Å². The Bertz CT molecular complexity index is 1480. The fourth-order valence-electron chi connectivity index (χ4n) is 9.45. The average Bonchev–Trinajstić information content (AvgIpc) is 3.03. The number of carbonyl (C=O) groups excluding carboxylic acids is 4. The number of rotatable bonds is 8. The molecule has 2 saturated carbocycles. The van der Waals surface area contributed by atoms with Crippen LogP contribution in [0.5, 0.6) is 0 Å². The molecule has 4 aliphatic rings. The van der Waals surface area contributed by atoms with Gasteiger partial charge in [0.2, 0.25) is 0 Å². The van der Waals surface area contributed by atoms with E-state index < -0.39 is 82.0 Å². The highest BCUT2D eigenvalue weighted by molar-refractivity contribution is 6.64. The second kappa shape index (κ2) is 12.7. The number of ether oxygens (including phenoxy) is 3. The predicted molar refractivity (Wildman–Crippen MR) is 176 cm³/mol. The van der Waals surface area contributed by atoms with Crippen LogP contribution in [0, 0.1) is 28.1 Å². The number of amides is 1. The SMILES string of the molecule is CC1=C2[C@@H](OC(=O)N(C)C)C(=O)[C@@]3(C)[C@H]([C@H](C)[C@](O)(C[C@@H]1OC(=O)[C@H](O)[C@@H](NBC=O)c1ccccc1)C2(C)C)[C@]1(C)CO[C@@H]1C[C@@H]3O. The molecule has 1 heterocycles. The molecule has 1 aromatic rings. The second-order valence-corrected chi connectivity index (χ2v) is 15.3. The van der Waals surface area contributed by atoms with Crippen molar-refractivity contribution >= 4 is 31.4 Å². The van der Waals surface area contributed by atoms with E-state index in [1.54, 1.807) is 58.0 Å². The number of nitrogens with one attached hydrogen (secondary N) is 1. The maximum atomic E-state index is 15.0. The number of carbonyl (C=O) groups is 4. The van der Waals surface area contributed by atoms with Crippen molar-refractivity contribution in [3.8, 4) is 0 Å². The van der Waals surface area contributed by atoms with Crippen LogP contribution in [0.4, 0.5) is 4.79 Å². The lowest BCUT2D eigenvalue weighted by atomic mass is 9.40. The first kappa shape index (κ1) is 36.2. The molecule has 262 valence electrons. The Morgan fingerprint density at radius 3 is 2.35 bits per heavy atom. The second-order valence-electron chi connectivity index (χ2n) is 15.3. The number of nitrogens with zero attached hydrogens (tertiary/aromatic N) is 1. The Balaban J connectivity index is 1.64. The first-order valence-corrected chi connectivity index (χ1v) is 16.6. The smallest absolute Gasteiger partial charge is 0.410 e. The number of fused-ring (bicyclic) bond motifs is 5. The number of benzene rings is 1. The lowest BCUT2D eigenvalue weighted by Crippen LogP contribution is -2.75. The number of hydrogen-bond donors (Lipinski definition) is 4. The quantitative estimate of drug-likeness (QED) is 0.138. The molecular weight excluding hydrogens is 619 g/mol. The van der Waals surface area contributed by atoms with Crippen molar-refractivity contribution in [3.05, 3.63) is 47.0 Å². The Labute approximate surface area is 282 Å². The van der Waals surface area contributed by atoms with Crippen LogP contribution < -0.4 is 5.23 Å². The van der Waals surface area contributed by atoms with Crippen LogP contribution in [0.3, 0.4) is 0 Å². The normalized spacial score (nSPS) is 38.1. The van der Waals surface area contributed by atoms with Gasteiger partial charge in [-0.25, -0.2) is 9.59 Å². The summed E-state index contributed by atoms with van der Waals surface area (Å²) in [5.74, 6) is -2.74.